The van der Waals surface area contributed by atoms with Crippen molar-refractivity contribution in [2.75, 3.05) is 26.8 Å². The molecule has 2 rings (SSSR count). The molecule has 1 aromatic rings. The Bertz CT molecular complexity index is 483. The quantitative estimate of drug-likeness (QED) is 0.829. The van der Waals surface area contributed by atoms with Crippen molar-refractivity contribution in [3.8, 4) is 5.75 Å². The number of carbonyl (C=O) groups excluding carboxylic acids is 1. The van der Waals surface area contributed by atoms with Crippen LogP contribution >= 0.6 is 0 Å². The first-order valence-corrected chi connectivity index (χ1v) is 7.20. The third kappa shape index (κ3) is 4.19. The summed E-state index contributed by atoms with van der Waals surface area (Å²) in [5.41, 5.74) is 2.32. The Morgan fingerprint density at radius 2 is 2.00 bits per heavy atom. The van der Waals surface area contributed by atoms with Crippen LogP contribution in [-0.2, 0) is 9.53 Å². The van der Waals surface area contributed by atoms with Crippen LogP contribution < -0.4 is 4.74 Å². The summed E-state index contributed by atoms with van der Waals surface area (Å²) in [6.45, 7) is 5.61. The highest BCUT2D eigenvalue weighted by atomic mass is 16.5. The Kier molecular flexibility index (Phi) is 5.20. The number of likely N-dealkylation sites (tertiary alicyclic amines) is 1. The molecule has 0 bridgehead atoms. The molecule has 21 heavy (non-hydrogen) atoms. The number of esters is 1. The summed E-state index contributed by atoms with van der Waals surface area (Å²) >= 11 is 0. The maximum absolute atomic E-state index is 11.7. The monoisotopic (exact) mass is 293 g/mol. The van der Waals surface area contributed by atoms with E-state index in [0.29, 0.717) is 26.1 Å². The molecule has 1 saturated heterocycles. The molecule has 1 aliphatic rings. The Morgan fingerprint density at radius 1 is 1.33 bits per heavy atom. The summed E-state index contributed by atoms with van der Waals surface area (Å²) in [4.78, 5) is 13.6. The molecule has 5 heteroatoms. The van der Waals surface area contributed by atoms with Crippen molar-refractivity contribution >= 4 is 5.97 Å². The van der Waals surface area contributed by atoms with Gasteiger partial charge in [0.2, 0.25) is 0 Å². The van der Waals surface area contributed by atoms with E-state index < -0.39 is 6.10 Å². The molecule has 1 aliphatic heterocycles. The molecule has 1 aromatic carbocycles. The van der Waals surface area contributed by atoms with E-state index in [9.17, 15) is 9.90 Å². The Balaban J connectivity index is 1.88. The van der Waals surface area contributed by atoms with E-state index in [1.54, 1.807) is 0 Å². The summed E-state index contributed by atoms with van der Waals surface area (Å²) in [6.07, 6.45) is -0.0497. The first kappa shape index (κ1) is 15.8. The fourth-order valence-corrected chi connectivity index (χ4v) is 2.80. The maximum atomic E-state index is 11.7. The largest absolute Gasteiger partial charge is 0.492 e. The molecule has 1 heterocycles. The molecule has 0 aromatic heterocycles. The van der Waals surface area contributed by atoms with E-state index in [1.807, 2.05) is 30.9 Å². The number of aryl methyl sites for hydroxylation is 2. The lowest BCUT2D eigenvalue weighted by Crippen LogP contribution is -2.39. The first-order chi connectivity index (χ1) is 9.99. The maximum Gasteiger partial charge on any atom is 0.323 e. The third-order valence-electron chi connectivity index (χ3n) is 3.70. The highest BCUT2D eigenvalue weighted by Crippen LogP contribution is 2.20. The minimum atomic E-state index is -0.477. The van der Waals surface area contributed by atoms with Crippen LogP contribution in [0, 0.1) is 13.8 Å². The van der Waals surface area contributed by atoms with Crippen molar-refractivity contribution in [2.24, 2.45) is 0 Å². The van der Waals surface area contributed by atoms with E-state index in [4.69, 9.17) is 9.47 Å². The van der Waals surface area contributed by atoms with Gasteiger partial charge in [0.05, 0.1) is 13.2 Å². The molecule has 2 unspecified atom stereocenters. The number of rotatable bonds is 5. The fraction of sp³-hybridized carbons (Fsp3) is 0.562. The average molecular weight is 293 g/mol. The van der Waals surface area contributed by atoms with Gasteiger partial charge in [-0.1, -0.05) is 6.07 Å². The molecule has 0 amide bonds. The number of methoxy groups -OCH3 is 1. The minimum absolute atomic E-state index is 0.294. The van der Waals surface area contributed by atoms with Crippen LogP contribution in [0.1, 0.15) is 17.5 Å². The smallest absolute Gasteiger partial charge is 0.323 e. The highest BCUT2D eigenvalue weighted by molar-refractivity contribution is 5.76. The lowest BCUT2D eigenvalue weighted by Gasteiger charge is -2.22. The number of aliphatic hydroxyl groups excluding tert-OH is 1. The Morgan fingerprint density at radius 3 is 2.62 bits per heavy atom. The van der Waals surface area contributed by atoms with Gasteiger partial charge in [-0.25, -0.2) is 0 Å². The van der Waals surface area contributed by atoms with E-state index in [-0.39, 0.29) is 12.0 Å². The normalized spacial score (nSPS) is 22.3. The number of carbonyl (C=O) groups is 1. The van der Waals surface area contributed by atoms with Gasteiger partial charge in [-0.2, -0.15) is 0 Å². The van der Waals surface area contributed by atoms with Crippen LogP contribution in [0.3, 0.4) is 0 Å². The molecule has 0 aliphatic carbocycles. The van der Waals surface area contributed by atoms with Crippen molar-refractivity contribution in [2.45, 2.75) is 32.4 Å². The summed E-state index contributed by atoms with van der Waals surface area (Å²) < 4.78 is 10.5. The Hall–Kier alpha value is -1.59. The second-order valence-corrected chi connectivity index (χ2v) is 5.60. The molecule has 1 N–H and O–H groups in total. The van der Waals surface area contributed by atoms with Crippen molar-refractivity contribution in [3.63, 3.8) is 0 Å². The van der Waals surface area contributed by atoms with E-state index in [2.05, 4.69) is 6.07 Å². The van der Waals surface area contributed by atoms with Crippen LogP contribution in [0.25, 0.3) is 0 Å². The molecule has 116 valence electrons. The standard InChI is InChI=1S/C16H23NO4/c1-11-6-12(2)8-14(7-11)21-5-4-17-10-13(18)9-15(17)16(19)20-3/h6-8,13,15,18H,4-5,9-10H2,1-3H3. The van der Waals surface area contributed by atoms with Gasteiger partial charge in [-0.05, 0) is 37.1 Å². The number of ether oxygens (including phenoxy) is 2. The van der Waals surface area contributed by atoms with Crippen molar-refractivity contribution in [1.29, 1.82) is 0 Å². The Labute approximate surface area is 125 Å². The summed E-state index contributed by atoms with van der Waals surface area (Å²) in [6, 6.07) is 5.71. The van der Waals surface area contributed by atoms with Gasteiger partial charge >= 0.3 is 5.97 Å². The summed E-state index contributed by atoms with van der Waals surface area (Å²) in [7, 11) is 1.37. The highest BCUT2D eigenvalue weighted by Gasteiger charge is 2.36. The van der Waals surface area contributed by atoms with Crippen molar-refractivity contribution in [1.82, 2.24) is 4.90 Å². The lowest BCUT2D eigenvalue weighted by molar-refractivity contribution is -0.146. The topological polar surface area (TPSA) is 59.0 Å². The first-order valence-electron chi connectivity index (χ1n) is 7.20. The second kappa shape index (κ2) is 6.91. The number of hydrogen-bond donors (Lipinski definition) is 1. The number of nitrogens with zero attached hydrogens (tertiary/aromatic N) is 1. The zero-order chi connectivity index (χ0) is 15.4. The second-order valence-electron chi connectivity index (χ2n) is 5.60. The molecule has 1 fully saturated rings. The van der Waals surface area contributed by atoms with E-state index in [1.165, 1.54) is 7.11 Å². The number of benzene rings is 1. The van der Waals surface area contributed by atoms with Crippen LogP contribution in [0.4, 0.5) is 0 Å². The molecule has 5 nitrogen and oxygen atoms in total. The molecular weight excluding hydrogens is 270 g/mol. The van der Waals surface area contributed by atoms with E-state index in [0.717, 1.165) is 16.9 Å². The lowest BCUT2D eigenvalue weighted by atomic mass is 10.1. The van der Waals surface area contributed by atoms with Gasteiger partial charge in [-0.3, -0.25) is 9.69 Å². The molecular formula is C16H23NO4. The van der Waals surface area contributed by atoms with Gasteiger partial charge < -0.3 is 14.6 Å². The van der Waals surface area contributed by atoms with Gasteiger partial charge in [0.25, 0.3) is 0 Å². The minimum Gasteiger partial charge on any atom is -0.492 e. The van der Waals surface area contributed by atoms with Crippen LogP contribution in [0.5, 0.6) is 5.75 Å². The predicted octanol–water partition coefficient (Wildman–Crippen LogP) is 1.29. The molecule has 2 atom stereocenters. The van der Waals surface area contributed by atoms with Crippen LogP contribution in [-0.4, -0.2) is 54.9 Å². The SMILES string of the molecule is COC(=O)C1CC(O)CN1CCOc1cc(C)cc(C)c1. The molecule has 0 radical (unpaired) electrons. The van der Waals surface area contributed by atoms with Crippen molar-refractivity contribution in [3.05, 3.63) is 29.3 Å². The van der Waals surface area contributed by atoms with Crippen LogP contribution in [0.15, 0.2) is 18.2 Å². The fourth-order valence-electron chi connectivity index (χ4n) is 2.80. The van der Waals surface area contributed by atoms with Gasteiger partial charge in [0.15, 0.2) is 0 Å². The number of β-amino-alcohol motifs (C(OH)–C–C–N with tert-alkyl or cyclic N) is 1. The zero-order valence-corrected chi connectivity index (χ0v) is 12.8. The van der Waals surface area contributed by atoms with Gasteiger partial charge in [-0.15, -0.1) is 0 Å². The third-order valence-corrected chi connectivity index (χ3v) is 3.70. The zero-order valence-electron chi connectivity index (χ0n) is 12.8. The predicted molar refractivity (Wildman–Crippen MR) is 79.4 cm³/mol. The summed E-state index contributed by atoms with van der Waals surface area (Å²) in [5.74, 6) is 0.541. The molecule has 0 saturated carbocycles. The molecule has 0 spiro atoms. The van der Waals surface area contributed by atoms with Crippen molar-refractivity contribution < 1.29 is 19.4 Å². The van der Waals surface area contributed by atoms with E-state index >= 15 is 0 Å². The number of hydrogen-bond acceptors (Lipinski definition) is 5. The van der Waals surface area contributed by atoms with Gasteiger partial charge in [0.1, 0.15) is 18.4 Å². The van der Waals surface area contributed by atoms with Gasteiger partial charge in [0, 0.05) is 19.5 Å². The summed E-state index contributed by atoms with van der Waals surface area (Å²) in [5, 5.41) is 9.71. The number of aliphatic hydroxyl groups is 1. The van der Waals surface area contributed by atoms with Crippen LogP contribution in [0.2, 0.25) is 0 Å². The average Bonchev–Trinajstić information content (AvgIpc) is 2.78.